The summed E-state index contributed by atoms with van der Waals surface area (Å²) in [5.74, 6) is -0.275. The van der Waals surface area contributed by atoms with Crippen LogP contribution in [0, 0.1) is 5.82 Å². The first-order chi connectivity index (χ1) is 8.43. The maximum Gasteiger partial charge on any atom is 0.296 e. The summed E-state index contributed by atoms with van der Waals surface area (Å²) in [6.07, 6.45) is 1.01. The molecule has 0 aliphatic carbocycles. The van der Waals surface area contributed by atoms with Gasteiger partial charge in [-0.1, -0.05) is 0 Å². The summed E-state index contributed by atoms with van der Waals surface area (Å²) in [4.78, 5) is 3.82. The first-order valence-electron chi connectivity index (χ1n) is 4.93. The van der Waals surface area contributed by atoms with E-state index in [1.54, 1.807) is 6.92 Å². The van der Waals surface area contributed by atoms with Gasteiger partial charge in [0.25, 0.3) is 14.2 Å². The van der Waals surface area contributed by atoms with Crippen molar-refractivity contribution in [2.24, 2.45) is 0 Å². The van der Waals surface area contributed by atoms with Gasteiger partial charge in [-0.25, -0.2) is 17.8 Å². The van der Waals surface area contributed by atoms with Crippen molar-refractivity contribution in [2.45, 2.75) is 18.6 Å². The maximum absolute atomic E-state index is 12.8. The molecule has 6 nitrogen and oxygen atoms in total. The fraction of sp³-hybridized carbons (Fsp3) is 0.222. The van der Waals surface area contributed by atoms with Crippen molar-refractivity contribution >= 4 is 19.7 Å². The summed E-state index contributed by atoms with van der Waals surface area (Å²) < 4.78 is 36.6. The van der Waals surface area contributed by atoms with Crippen molar-refractivity contribution in [1.29, 1.82) is 0 Å². The highest BCUT2D eigenvalue weighted by atomic mass is 35.7. The average Bonchev–Trinajstić information content (AvgIpc) is 2.73. The highest BCUT2D eigenvalue weighted by Crippen LogP contribution is 2.20. The van der Waals surface area contributed by atoms with Gasteiger partial charge in [0.05, 0.1) is 6.20 Å². The molecule has 2 aromatic rings. The topological polar surface area (TPSA) is 77.7 Å². The number of halogens is 2. The zero-order chi connectivity index (χ0) is 13.3. The van der Waals surface area contributed by atoms with E-state index in [2.05, 4.69) is 15.2 Å². The lowest BCUT2D eigenvalue weighted by Crippen LogP contribution is -2.06. The molecule has 0 unspecified atom stereocenters. The van der Waals surface area contributed by atoms with Crippen LogP contribution in [-0.2, 0) is 15.6 Å². The first kappa shape index (κ1) is 12.9. The summed E-state index contributed by atoms with van der Waals surface area (Å²) in [6.45, 7) is 2.00. The molecule has 0 aliphatic heterocycles. The Balaban J connectivity index is 2.59. The van der Waals surface area contributed by atoms with Crippen molar-refractivity contribution in [3.8, 4) is 11.5 Å². The van der Waals surface area contributed by atoms with E-state index < -0.39 is 14.9 Å². The molecule has 9 heteroatoms. The predicted octanol–water partition coefficient (Wildman–Crippen LogP) is 1.43. The van der Waals surface area contributed by atoms with Gasteiger partial charge in [-0.3, -0.25) is 4.57 Å². The average molecular weight is 291 g/mol. The molecule has 0 atom stereocenters. The molecule has 96 valence electrons. The molecule has 0 spiro atoms. The minimum absolute atomic E-state index is 0.219. The van der Waals surface area contributed by atoms with Gasteiger partial charge in [0.2, 0.25) is 0 Å². The minimum Gasteiger partial charge on any atom is -0.296 e. The number of rotatable bonds is 3. The maximum atomic E-state index is 12.8. The van der Waals surface area contributed by atoms with E-state index >= 15 is 0 Å². The van der Waals surface area contributed by atoms with Crippen LogP contribution < -0.4 is 0 Å². The van der Waals surface area contributed by atoms with Crippen molar-refractivity contribution in [3.05, 3.63) is 24.1 Å². The Bertz CT molecular complexity index is 668. The quantitative estimate of drug-likeness (QED) is 0.799. The Morgan fingerprint density at radius 3 is 2.61 bits per heavy atom. The van der Waals surface area contributed by atoms with Crippen LogP contribution in [0.4, 0.5) is 4.39 Å². The summed E-state index contributed by atoms with van der Waals surface area (Å²) in [7, 11) is 1.26. The molecule has 2 heterocycles. The van der Waals surface area contributed by atoms with Crippen LogP contribution in [0.25, 0.3) is 11.5 Å². The summed E-state index contributed by atoms with van der Waals surface area (Å²) in [6, 6.07) is 2.59. The van der Waals surface area contributed by atoms with Crippen LogP contribution in [0.2, 0.25) is 0 Å². The number of hydrogen-bond donors (Lipinski definition) is 0. The third-order valence-electron chi connectivity index (χ3n) is 2.21. The molecule has 18 heavy (non-hydrogen) atoms. The van der Waals surface area contributed by atoms with Gasteiger partial charge in [0, 0.05) is 17.2 Å². The second kappa shape index (κ2) is 4.62. The van der Waals surface area contributed by atoms with Crippen LogP contribution in [-0.4, -0.2) is 28.2 Å². The standard InChI is InChI=1S/C9H8ClFN4O2S/c1-2-15-8(7-4-3-6(11)5-12-7)13-14-9(15)18(10,16)17/h3-5H,2H2,1H3. The summed E-state index contributed by atoms with van der Waals surface area (Å²) in [5.41, 5.74) is 0.317. The Kier molecular flexibility index (Phi) is 3.31. The fourth-order valence-electron chi connectivity index (χ4n) is 1.45. The van der Waals surface area contributed by atoms with Gasteiger partial charge in [-0.2, -0.15) is 0 Å². The summed E-state index contributed by atoms with van der Waals surface area (Å²) >= 11 is 0. The third-order valence-corrected chi connectivity index (χ3v) is 3.36. The SMILES string of the molecule is CCn1c(-c2ccc(F)cn2)nnc1S(=O)(=O)Cl. The lowest BCUT2D eigenvalue weighted by Gasteiger charge is -2.04. The monoisotopic (exact) mass is 290 g/mol. The van der Waals surface area contributed by atoms with Gasteiger partial charge in [-0.05, 0) is 19.1 Å². The first-order valence-corrected chi connectivity index (χ1v) is 7.24. The Hall–Kier alpha value is -1.54. The van der Waals surface area contributed by atoms with Crippen molar-refractivity contribution < 1.29 is 12.8 Å². The van der Waals surface area contributed by atoms with E-state index in [1.165, 1.54) is 16.7 Å². The summed E-state index contributed by atoms with van der Waals surface area (Å²) in [5, 5.41) is 6.88. The number of nitrogens with zero attached hydrogens (tertiary/aromatic N) is 4. The van der Waals surface area contributed by atoms with Gasteiger partial charge in [0.15, 0.2) is 5.82 Å². The van der Waals surface area contributed by atoms with Crippen molar-refractivity contribution in [2.75, 3.05) is 0 Å². The molecule has 2 aromatic heterocycles. The van der Waals surface area contributed by atoms with Gasteiger partial charge in [-0.15, -0.1) is 10.2 Å². The molecular weight excluding hydrogens is 283 g/mol. The molecule has 0 saturated heterocycles. The van der Waals surface area contributed by atoms with Crippen LogP contribution in [0.5, 0.6) is 0 Å². The molecule has 0 bridgehead atoms. The van der Waals surface area contributed by atoms with Crippen molar-refractivity contribution in [1.82, 2.24) is 19.7 Å². The highest BCUT2D eigenvalue weighted by Gasteiger charge is 2.22. The van der Waals surface area contributed by atoms with E-state index in [9.17, 15) is 12.8 Å². The van der Waals surface area contributed by atoms with Crippen LogP contribution >= 0.6 is 10.7 Å². The molecule has 2 rings (SSSR count). The van der Waals surface area contributed by atoms with Crippen LogP contribution in [0.3, 0.4) is 0 Å². The Morgan fingerprint density at radius 1 is 1.39 bits per heavy atom. The number of hydrogen-bond acceptors (Lipinski definition) is 5. The normalized spacial score (nSPS) is 11.7. The smallest absolute Gasteiger partial charge is 0.296 e. The predicted molar refractivity (Wildman–Crippen MR) is 61.9 cm³/mol. The molecule has 0 aromatic carbocycles. The van der Waals surface area contributed by atoms with Crippen molar-refractivity contribution in [3.63, 3.8) is 0 Å². The molecule has 0 N–H and O–H groups in total. The van der Waals surface area contributed by atoms with E-state index in [0.29, 0.717) is 12.2 Å². The van der Waals surface area contributed by atoms with E-state index in [4.69, 9.17) is 10.7 Å². The second-order valence-corrected chi connectivity index (χ2v) is 5.81. The highest BCUT2D eigenvalue weighted by molar-refractivity contribution is 8.13. The second-order valence-electron chi connectivity index (χ2n) is 3.35. The number of aromatic nitrogens is 4. The Labute approximate surface area is 107 Å². The van der Waals surface area contributed by atoms with Gasteiger partial charge >= 0.3 is 0 Å². The van der Waals surface area contributed by atoms with E-state index in [0.717, 1.165) is 6.20 Å². The Morgan fingerprint density at radius 2 is 2.11 bits per heavy atom. The molecule has 0 radical (unpaired) electrons. The van der Waals surface area contributed by atoms with E-state index in [-0.39, 0.29) is 11.0 Å². The molecule has 0 aliphatic rings. The zero-order valence-corrected chi connectivity index (χ0v) is 10.8. The van der Waals surface area contributed by atoms with Crippen LogP contribution in [0.1, 0.15) is 6.92 Å². The largest absolute Gasteiger partial charge is 0.296 e. The third kappa shape index (κ3) is 2.34. The molecular formula is C9H8ClFN4O2S. The minimum atomic E-state index is -3.98. The number of pyridine rings is 1. The molecule has 0 saturated carbocycles. The lowest BCUT2D eigenvalue weighted by atomic mass is 10.3. The zero-order valence-electron chi connectivity index (χ0n) is 9.21. The van der Waals surface area contributed by atoms with Gasteiger partial charge in [0.1, 0.15) is 11.5 Å². The molecule has 0 amide bonds. The lowest BCUT2D eigenvalue weighted by molar-refractivity contribution is 0.582. The van der Waals surface area contributed by atoms with E-state index in [1.807, 2.05) is 0 Å². The van der Waals surface area contributed by atoms with Crippen LogP contribution in [0.15, 0.2) is 23.5 Å². The fourth-order valence-corrected chi connectivity index (χ4v) is 2.41. The molecule has 0 fully saturated rings. The van der Waals surface area contributed by atoms with Gasteiger partial charge < -0.3 is 0 Å².